The SMILES string of the molecule is CCN1/C=C(C(F)(F)F)\C=C/CCC1=O. The predicted octanol–water partition coefficient (Wildman–Crippen LogP) is 2.63. The first kappa shape index (κ1) is 11.8. The quantitative estimate of drug-likeness (QED) is 0.663. The van der Waals surface area contributed by atoms with Crippen LogP contribution in [0.5, 0.6) is 0 Å². The van der Waals surface area contributed by atoms with Crippen LogP contribution in [0.2, 0.25) is 0 Å². The summed E-state index contributed by atoms with van der Waals surface area (Å²) in [6.07, 6.45) is -0.520. The molecule has 0 spiro atoms. The molecule has 1 aliphatic rings. The minimum atomic E-state index is -4.40. The third-order valence-corrected chi connectivity index (χ3v) is 2.11. The van der Waals surface area contributed by atoms with Gasteiger partial charge in [0.05, 0.1) is 5.57 Å². The van der Waals surface area contributed by atoms with E-state index in [-0.39, 0.29) is 18.9 Å². The van der Waals surface area contributed by atoms with Gasteiger partial charge in [-0.2, -0.15) is 13.2 Å². The fourth-order valence-electron chi connectivity index (χ4n) is 1.28. The van der Waals surface area contributed by atoms with Gasteiger partial charge < -0.3 is 4.90 Å². The van der Waals surface area contributed by atoms with Gasteiger partial charge in [-0.15, -0.1) is 0 Å². The molecule has 0 radical (unpaired) electrons. The molecule has 0 atom stereocenters. The summed E-state index contributed by atoms with van der Waals surface area (Å²) >= 11 is 0. The first-order valence-corrected chi connectivity index (χ1v) is 4.70. The van der Waals surface area contributed by atoms with Crippen molar-refractivity contribution in [2.24, 2.45) is 0 Å². The molecule has 1 rings (SSSR count). The molecular weight excluding hydrogens is 207 g/mol. The van der Waals surface area contributed by atoms with Crippen LogP contribution < -0.4 is 0 Å². The molecule has 0 N–H and O–H groups in total. The van der Waals surface area contributed by atoms with Crippen molar-refractivity contribution >= 4 is 5.91 Å². The van der Waals surface area contributed by atoms with E-state index >= 15 is 0 Å². The van der Waals surface area contributed by atoms with Crippen LogP contribution in [0.15, 0.2) is 23.9 Å². The Bertz CT molecular complexity index is 304. The second-order valence-corrected chi connectivity index (χ2v) is 3.20. The molecule has 1 amide bonds. The molecule has 0 saturated heterocycles. The van der Waals surface area contributed by atoms with E-state index < -0.39 is 11.7 Å². The highest BCUT2D eigenvalue weighted by molar-refractivity contribution is 5.77. The number of hydrogen-bond acceptors (Lipinski definition) is 1. The van der Waals surface area contributed by atoms with E-state index in [0.29, 0.717) is 6.42 Å². The average molecular weight is 219 g/mol. The number of carbonyl (C=O) groups excluding carboxylic acids is 1. The molecule has 0 aromatic carbocycles. The standard InChI is InChI=1S/C10H12F3NO/c1-2-14-7-8(10(11,12)13)5-3-4-6-9(14)15/h3,5,7H,2,4,6H2,1H3/b5-3-,8-7+. The Morgan fingerprint density at radius 2 is 2.13 bits per heavy atom. The number of rotatable bonds is 1. The predicted molar refractivity (Wildman–Crippen MR) is 49.9 cm³/mol. The van der Waals surface area contributed by atoms with Crippen LogP contribution in [0.1, 0.15) is 19.8 Å². The maximum atomic E-state index is 12.4. The topological polar surface area (TPSA) is 20.3 Å². The summed E-state index contributed by atoms with van der Waals surface area (Å²) < 4.78 is 37.3. The highest BCUT2D eigenvalue weighted by atomic mass is 19.4. The lowest BCUT2D eigenvalue weighted by atomic mass is 10.1. The van der Waals surface area contributed by atoms with Gasteiger partial charge in [-0.3, -0.25) is 4.79 Å². The Labute approximate surface area is 86.1 Å². The highest BCUT2D eigenvalue weighted by Crippen LogP contribution is 2.28. The molecule has 0 aliphatic carbocycles. The Kier molecular flexibility index (Phi) is 3.55. The third-order valence-electron chi connectivity index (χ3n) is 2.11. The van der Waals surface area contributed by atoms with E-state index in [1.807, 2.05) is 0 Å². The minimum absolute atomic E-state index is 0.256. The van der Waals surface area contributed by atoms with Gasteiger partial charge in [0.2, 0.25) is 5.91 Å². The largest absolute Gasteiger partial charge is 0.417 e. The van der Waals surface area contributed by atoms with Gasteiger partial charge in [-0.05, 0) is 13.3 Å². The van der Waals surface area contributed by atoms with Crippen LogP contribution in [0, 0.1) is 0 Å². The normalized spacial score (nSPS) is 24.1. The zero-order valence-corrected chi connectivity index (χ0v) is 8.34. The lowest BCUT2D eigenvalue weighted by molar-refractivity contribution is -0.128. The van der Waals surface area contributed by atoms with Gasteiger partial charge in [0.25, 0.3) is 0 Å². The van der Waals surface area contributed by atoms with Crippen LogP contribution in [0.4, 0.5) is 13.2 Å². The van der Waals surface area contributed by atoms with Crippen molar-refractivity contribution in [3.8, 4) is 0 Å². The van der Waals surface area contributed by atoms with E-state index in [9.17, 15) is 18.0 Å². The molecule has 5 heteroatoms. The molecule has 0 unspecified atom stereocenters. The molecular formula is C10H12F3NO. The summed E-state index contributed by atoms with van der Waals surface area (Å²) in [5.41, 5.74) is -0.780. The highest BCUT2D eigenvalue weighted by Gasteiger charge is 2.33. The summed E-state index contributed by atoms with van der Waals surface area (Å²) in [7, 11) is 0. The van der Waals surface area contributed by atoms with Gasteiger partial charge in [-0.1, -0.05) is 12.2 Å². The van der Waals surface area contributed by atoms with Crippen molar-refractivity contribution in [1.82, 2.24) is 4.90 Å². The minimum Gasteiger partial charge on any atom is -0.319 e. The monoisotopic (exact) mass is 219 g/mol. The summed E-state index contributed by atoms with van der Waals surface area (Å²) in [5.74, 6) is -0.274. The summed E-state index contributed by atoms with van der Waals surface area (Å²) in [4.78, 5) is 12.5. The Balaban J connectivity index is 3.01. The summed E-state index contributed by atoms with van der Waals surface area (Å²) in [6, 6.07) is 0. The van der Waals surface area contributed by atoms with Gasteiger partial charge in [-0.25, -0.2) is 0 Å². The van der Waals surface area contributed by atoms with Gasteiger partial charge in [0.15, 0.2) is 0 Å². The van der Waals surface area contributed by atoms with Gasteiger partial charge in [0, 0.05) is 19.2 Å². The Morgan fingerprint density at radius 1 is 1.47 bits per heavy atom. The number of allylic oxidation sites excluding steroid dienone is 3. The van der Waals surface area contributed by atoms with E-state index in [0.717, 1.165) is 17.2 Å². The molecule has 0 aromatic rings. The van der Waals surface area contributed by atoms with E-state index in [4.69, 9.17) is 0 Å². The molecule has 0 aromatic heterocycles. The van der Waals surface area contributed by atoms with E-state index in [1.54, 1.807) is 6.92 Å². The van der Waals surface area contributed by atoms with Crippen molar-refractivity contribution in [1.29, 1.82) is 0 Å². The number of amides is 1. The molecule has 15 heavy (non-hydrogen) atoms. The van der Waals surface area contributed by atoms with Gasteiger partial charge >= 0.3 is 6.18 Å². The van der Waals surface area contributed by atoms with Crippen molar-refractivity contribution < 1.29 is 18.0 Å². The fraction of sp³-hybridized carbons (Fsp3) is 0.500. The van der Waals surface area contributed by atoms with Crippen molar-refractivity contribution in [3.05, 3.63) is 23.9 Å². The summed E-state index contributed by atoms with van der Waals surface area (Å²) in [6.45, 7) is 1.90. The Hall–Kier alpha value is -1.26. The first-order valence-electron chi connectivity index (χ1n) is 4.70. The van der Waals surface area contributed by atoms with Crippen LogP contribution in [0.3, 0.4) is 0 Å². The Morgan fingerprint density at radius 3 is 2.67 bits per heavy atom. The number of alkyl halides is 3. The molecule has 84 valence electrons. The van der Waals surface area contributed by atoms with E-state index in [1.165, 1.54) is 6.08 Å². The van der Waals surface area contributed by atoms with Crippen LogP contribution in [-0.2, 0) is 4.79 Å². The molecule has 2 nitrogen and oxygen atoms in total. The molecule has 1 aliphatic heterocycles. The maximum Gasteiger partial charge on any atom is 0.417 e. The lowest BCUT2D eigenvalue weighted by Crippen LogP contribution is -2.28. The zero-order chi connectivity index (χ0) is 11.5. The maximum absolute atomic E-state index is 12.4. The van der Waals surface area contributed by atoms with E-state index in [2.05, 4.69) is 0 Å². The third kappa shape index (κ3) is 3.11. The van der Waals surface area contributed by atoms with Gasteiger partial charge in [0.1, 0.15) is 0 Å². The number of halogens is 3. The summed E-state index contributed by atoms with van der Waals surface area (Å²) in [5, 5.41) is 0. The van der Waals surface area contributed by atoms with Crippen molar-refractivity contribution in [2.75, 3.05) is 6.54 Å². The second kappa shape index (κ2) is 4.51. The number of nitrogens with zero attached hydrogens (tertiary/aromatic N) is 1. The lowest BCUT2D eigenvalue weighted by Gasteiger charge is -2.20. The number of hydrogen-bond donors (Lipinski definition) is 0. The van der Waals surface area contributed by atoms with Crippen LogP contribution in [0.25, 0.3) is 0 Å². The molecule has 0 saturated carbocycles. The average Bonchev–Trinajstić information content (AvgIpc) is 2.10. The molecule has 0 bridgehead atoms. The fourth-order valence-corrected chi connectivity index (χ4v) is 1.28. The molecule has 1 heterocycles. The first-order chi connectivity index (χ1) is 6.95. The smallest absolute Gasteiger partial charge is 0.319 e. The number of carbonyl (C=O) groups is 1. The van der Waals surface area contributed by atoms with Crippen LogP contribution >= 0.6 is 0 Å². The van der Waals surface area contributed by atoms with Crippen molar-refractivity contribution in [3.63, 3.8) is 0 Å². The second-order valence-electron chi connectivity index (χ2n) is 3.20. The zero-order valence-electron chi connectivity index (χ0n) is 8.34. The van der Waals surface area contributed by atoms with Crippen molar-refractivity contribution in [2.45, 2.75) is 25.9 Å². The molecule has 0 fully saturated rings. The van der Waals surface area contributed by atoms with Crippen LogP contribution in [-0.4, -0.2) is 23.5 Å².